The Kier molecular flexibility index (Phi) is 9.34. The Morgan fingerprint density at radius 1 is 0.846 bits per heavy atom. The summed E-state index contributed by atoms with van der Waals surface area (Å²) in [5.41, 5.74) is 3.81. The standard InChI is InChI=1S/C33H35N3O3/c37-33(32(28-11-3-1-4-12-28)29-13-5-2-6-14-29)36(26-30-15-7-8-17-34-30)25-27-10-9-16-31(24-27)39-23-20-35-18-21-38-22-19-35/h1-17,24,32H,18-23,25-26H2. The molecule has 0 unspecified atom stereocenters. The highest BCUT2D eigenvalue weighted by Crippen LogP contribution is 2.28. The summed E-state index contributed by atoms with van der Waals surface area (Å²) >= 11 is 0. The summed E-state index contributed by atoms with van der Waals surface area (Å²) in [4.78, 5) is 23.1. The zero-order valence-corrected chi connectivity index (χ0v) is 22.2. The molecule has 1 fully saturated rings. The number of rotatable bonds is 11. The van der Waals surface area contributed by atoms with Crippen LogP contribution in [0.4, 0.5) is 0 Å². The minimum Gasteiger partial charge on any atom is -0.492 e. The second-order valence-electron chi connectivity index (χ2n) is 9.72. The van der Waals surface area contributed by atoms with E-state index >= 15 is 0 Å². The topological polar surface area (TPSA) is 54.9 Å². The van der Waals surface area contributed by atoms with Gasteiger partial charge in [-0.3, -0.25) is 14.7 Å². The molecule has 0 bridgehead atoms. The summed E-state index contributed by atoms with van der Waals surface area (Å²) in [6, 6.07) is 33.9. The molecule has 1 aliphatic rings. The number of morpholine rings is 1. The van der Waals surface area contributed by atoms with Gasteiger partial charge >= 0.3 is 0 Å². The van der Waals surface area contributed by atoms with E-state index in [1.807, 2.05) is 108 Å². The van der Waals surface area contributed by atoms with Crippen molar-refractivity contribution in [1.29, 1.82) is 0 Å². The van der Waals surface area contributed by atoms with E-state index in [0.717, 1.165) is 61.0 Å². The van der Waals surface area contributed by atoms with Gasteiger partial charge in [-0.05, 0) is 41.0 Å². The fourth-order valence-electron chi connectivity index (χ4n) is 4.92. The highest BCUT2D eigenvalue weighted by molar-refractivity contribution is 5.87. The third-order valence-corrected chi connectivity index (χ3v) is 6.96. The molecule has 0 radical (unpaired) electrons. The van der Waals surface area contributed by atoms with Crippen LogP contribution in [0.2, 0.25) is 0 Å². The molecule has 1 aromatic heterocycles. The largest absolute Gasteiger partial charge is 0.492 e. The summed E-state index contributed by atoms with van der Waals surface area (Å²) in [5.74, 6) is 0.439. The first-order valence-electron chi connectivity index (χ1n) is 13.6. The van der Waals surface area contributed by atoms with E-state index in [2.05, 4.69) is 9.88 Å². The number of carbonyl (C=O) groups excluding carboxylic acids is 1. The van der Waals surface area contributed by atoms with E-state index < -0.39 is 5.92 Å². The van der Waals surface area contributed by atoms with Gasteiger partial charge in [-0.2, -0.15) is 0 Å². The van der Waals surface area contributed by atoms with Crippen LogP contribution in [0.5, 0.6) is 5.75 Å². The Morgan fingerprint density at radius 3 is 2.21 bits per heavy atom. The summed E-state index contributed by atoms with van der Waals surface area (Å²) in [7, 11) is 0. The van der Waals surface area contributed by atoms with Gasteiger partial charge < -0.3 is 14.4 Å². The Morgan fingerprint density at radius 2 is 1.54 bits per heavy atom. The zero-order valence-electron chi connectivity index (χ0n) is 22.2. The van der Waals surface area contributed by atoms with Crippen LogP contribution in [-0.2, 0) is 22.6 Å². The van der Waals surface area contributed by atoms with E-state index in [1.165, 1.54) is 0 Å². The van der Waals surface area contributed by atoms with Crippen molar-refractivity contribution in [3.05, 3.63) is 132 Å². The van der Waals surface area contributed by atoms with Crippen LogP contribution < -0.4 is 4.74 Å². The maximum absolute atomic E-state index is 14.3. The average Bonchev–Trinajstić information content (AvgIpc) is 2.99. The molecule has 0 aliphatic carbocycles. The molecule has 0 saturated carbocycles. The lowest BCUT2D eigenvalue weighted by Gasteiger charge is -2.28. The van der Waals surface area contributed by atoms with Gasteiger partial charge in [0.15, 0.2) is 0 Å². The summed E-state index contributed by atoms with van der Waals surface area (Å²) in [6.45, 7) is 5.79. The molecule has 6 nitrogen and oxygen atoms in total. The fraction of sp³-hybridized carbons (Fsp3) is 0.273. The molecule has 6 heteroatoms. The smallest absolute Gasteiger partial charge is 0.235 e. The van der Waals surface area contributed by atoms with Crippen molar-refractivity contribution in [2.75, 3.05) is 39.5 Å². The lowest BCUT2D eigenvalue weighted by atomic mass is 9.89. The van der Waals surface area contributed by atoms with Gasteiger partial charge in [-0.1, -0.05) is 78.9 Å². The summed E-state index contributed by atoms with van der Waals surface area (Å²) in [5, 5.41) is 0. The molecule has 39 heavy (non-hydrogen) atoms. The van der Waals surface area contributed by atoms with Crippen molar-refractivity contribution >= 4 is 5.91 Å². The van der Waals surface area contributed by atoms with Crippen LogP contribution in [0.3, 0.4) is 0 Å². The lowest BCUT2D eigenvalue weighted by molar-refractivity contribution is -0.133. The van der Waals surface area contributed by atoms with Gasteiger partial charge in [-0.15, -0.1) is 0 Å². The highest BCUT2D eigenvalue weighted by atomic mass is 16.5. The molecular weight excluding hydrogens is 486 g/mol. The van der Waals surface area contributed by atoms with Crippen molar-refractivity contribution in [1.82, 2.24) is 14.8 Å². The third-order valence-electron chi connectivity index (χ3n) is 6.96. The van der Waals surface area contributed by atoms with E-state index in [9.17, 15) is 4.79 Å². The number of nitrogens with zero attached hydrogens (tertiary/aromatic N) is 3. The number of hydrogen-bond acceptors (Lipinski definition) is 5. The molecule has 2 heterocycles. The van der Waals surface area contributed by atoms with Gasteiger partial charge in [0.2, 0.25) is 5.91 Å². The van der Waals surface area contributed by atoms with Gasteiger partial charge in [0.25, 0.3) is 0 Å². The predicted molar refractivity (Wildman–Crippen MR) is 152 cm³/mol. The fourth-order valence-corrected chi connectivity index (χ4v) is 4.92. The molecule has 200 valence electrons. The molecule has 0 N–H and O–H groups in total. The van der Waals surface area contributed by atoms with Crippen molar-refractivity contribution < 1.29 is 14.3 Å². The molecule has 0 spiro atoms. The minimum atomic E-state index is -0.413. The van der Waals surface area contributed by atoms with E-state index in [1.54, 1.807) is 6.20 Å². The number of ether oxygens (including phenoxy) is 2. The van der Waals surface area contributed by atoms with Crippen molar-refractivity contribution in [3.63, 3.8) is 0 Å². The molecule has 3 aromatic carbocycles. The summed E-state index contributed by atoms with van der Waals surface area (Å²) in [6.07, 6.45) is 1.77. The third kappa shape index (κ3) is 7.53. The van der Waals surface area contributed by atoms with Gasteiger partial charge in [-0.25, -0.2) is 0 Å². The Bertz CT molecular complexity index is 1260. The lowest BCUT2D eigenvalue weighted by Crippen LogP contribution is -2.38. The Balaban J connectivity index is 1.37. The SMILES string of the molecule is O=C(C(c1ccccc1)c1ccccc1)N(Cc1cccc(OCCN2CCOCC2)c1)Cc1ccccn1. The normalized spacial score (nSPS) is 13.8. The number of pyridine rings is 1. The average molecular weight is 522 g/mol. The summed E-state index contributed by atoms with van der Waals surface area (Å²) < 4.78 is 11.5. The van der Waals surface area contributed by atoms with Crippen LogP contribution in [0.1, 0.15) is 28.3 Å². The Hall–Kier alpha value is -4.00. The van der Waals surface area contributed by atoms with Crippen LogP contribution in [0.25, 0.3) is 0 Å². The van der Waals surface area contributed by atoms with Gasteiger partial charge in [0.05, 0.1) is 31.4 Å². The highest BCUT2D eigenvalue weighted by Gasteiger charge is 2.28. The van der Waals surface area contributed by atoms with E-state index in [4.69, 9.17) is 9.47 Å². The van der Waals surface area contributed by atoms with E-state index in [0.29, 0.717) is 19.7 Å². The van der Waals surface area contributed by atoms with Crippen molar-refractivity contribution in [2.45, 2.75) is 19.0 Å². The first-order valence-corrected chi connectivity index (χ1v) is 13.6. The van der Waals surface area contributed by atoms with Crippen LogP contribution in [0, 0.1) is 0 Å². The number of benzene rings is 3. The first-order chi connectivity index (χ1) is 19.3. The number of amides is 1. The van der Waals surface area contributed by atoms with Crippen molar-refractivity contribution in [2.24, 2.45) is 0 Å². The predicted octanol–water partition coefficient (Wildman–Crippen LogP) is 5.15. The molecule has 1 saturated heterocycles. The van der Waals surface area contributed by atoms with Crippen LogP contribution in [-0.4, -0.2) is 60.1 Å². The quantitative estimate of drug-likeness (QED) is 0.273. The molecular formula is C33H35N3O3. The van der Waals surface area contributed by atoms with Crippen LogP contribution in [0.15, 0.2) is 109 Å². The monoisotopic (exact) mass is 521 g/mol. The number of carbonyl (C=O) groups is 1. The second kappa shape index (κ2) is 13.7. The van der Waals surface area contributed by atoms with E-state index in [-0.39, 0.29) is 5.91 Å². The molecule has 0 atom stereocenters. The Labute approximate surface area is 230 Å². The molecule has 1 amide bonds. The number of hydrogen-bond donors (Lipinski definition) is 0. The minimum absolute atomic E-state index is 0.0386. The maximum atomic E-state index is 14.3. The molecule has 4 aromatic rings. The second-order valence-corrected chi connectivity index (χ2v) is 9.72. The van der Waals surface area contributed by atoms with Gasteiger partial charge in [0.1, 0.15) is 12.4 Å². The zero-order chi connectivity index (χ0) is 26.7. The van der Waals surface area contributed by atoms with Crippen molar-refractivity contribution in [3.8, 4) is 5.75 Å². The molecule has 5 rings (SSSR count). The molecule has 1 aliphatic heterocycles. The first kappa shape index (κ1) is 26.6. The number of aromatic nitrogens is 1. The maximum Gasteiger partial charge on any atom is 0.235 e. The van der Waals surface area contributed by atoms with Crippen LogP contribution >= 0.6 is 0 Å². The van der Waals surface area contributed by atoms with Gasteiger partial charge in [0, 0.05) is 32.4 Å².